The second kappa shape index (κ2) is 10.0. The van der Waals surface area contributed by atoms with Crippen molar-refractivity contribution in [1.82, 2.24) is 0 Å². The van der Waals surface area contributed by atoms with Crippen LogP contribution in [0.4, 0.5) is 0 Å². The molecule has 0 saturated heterocycles. The predicted molar refractivity (Wildman–Crippen MR) is 82.9 cm³/mol. The van der Waals surface area contributed by atoms with Gasteiger partial charge in [-0.25, -0.2) is 0 Å². The summed E-state index contributed by atoms with van der Waals surface area (Å²) in [5.74, 6) is -2.68. The fourth-order valence-electron chi connectivity index (χ4n) is 1.51. The van der Waals surface area contributed by atoms with Gasteiger partial charge in [0.25, 0.3) is 0 Å². The molecule has 0 unspecified atom stereocenters. The van der Waals surface area contributed by atoms with E-state index in [1.165, 1.54) is 14.2 Å². The van der Waals surface area contributed by atoms with Gasteiger partial charge in [-0.2, -0.15) is 0 Å². The Bertz CT molecular complexity index is 568. The second-order valence-corrected chi connectivity index (χ2v) is 9.77. The molecule has 0 aromatic carbocycles. The Morgan fingerprint density at radius 2 is 0.958 bits per heavy atom. The molecule has 0 saturated carbocycles. The molecule has 1 heterocycles. The number of esters is 4. The Balaban J connectivity index is 3.38. The second-order valence-electron chi connectivity index (χ2n) is 3.94. The Labute approximate surface area is 159 Å². The summed E-state index contributed by atoms with van der Waals surface area (Å²) in [5.41, 5.74) is 0. The van der Waals surface area contributed by atoms with Crippen molar-refractivity contribution in [1.29, 1.82) is 0 Å². The molecule has 8 nitrogen and oxygen atoms in total. The van der Waals surface area contributed by atoms with Crippen LogP contribution in [0.1, 0.15) is 13.8 Å². The van der Waals surface area contributed by atoms with Crippen LogP contribution in [-0.4, -0.2) is 93.2 Å². The Hall–Kier alpha value is -1.06. The van der Waals surface area contributed by atoms with Gasteiger partial charge < -0.3 is 0 Å². The van der Waals surface area contributed by atoms with Gasteiger partial charge in [0, 0.05) is 0 Å². The van der Waals surface area contributed by atoms with Crippen molar-refractivity contribution in [3.63, 3.8) is 0 Å². The summed E-state index contributed by atoms with van der Waals surface area (Å²) in [7, 11) is 2.37. The van der Waals surface area contributed by atoms with Crippen molar-refractivity contribution in [3.8, 4) is 0 Å². The molecule has 0 N–H and O–H groups in total. The molecule has 1 aliphatic heterocycles. The zero-order valence-corrected chi connectivity index (χ0v) is 18.2. The number of hydrogen-bond acceptors (Lipinski definition) is 8. The van der Waals surface area contributed by atoms with Crippen LogP contribution < -0.4 is 0 Å². The molecule has 0 aromatic heterocycles. The number of hydrogen-bond donors (Lipinski definition) is 0. The molecule has 0 radical (unpaired) electrons. The van der Waals surface area contributed by atoms with E-state index in [-0.39, 0.29) is 27.7 Å². The maximum atomic E-state index is 12.2. The number of carbonyl (C=O) groups excluding carboxylic acids is 4. The molecule has 0 amide bonds. The van der Waals surface area contributed by atoms with Crippen LogP contribution in [0.15, 0.2) is 14.5 Å². The first-order valence-electron chi connectivity index (χ1n) is 6.76. The average molecular weight is 567 g/mol. The van der Waals surface area contributed by atoms with Crippen LogP contribution in [0.5, 0.6) is 0 Å². The van der Waals surface area contributed by atoms with Gasteiger partial charge in [-0.15, -0.1) is 0 Å². The summed E-state index contributed by atoms with van der Waals surface area (Å²) in [6.07, 6.45) is 0. The van der Waals surface area contributed by atoms with E-state index in [1.807, 2.05) is 0 Å². The van der Waals surface area contributed by atoms with Crippen LogP contribution in [0.3, 0.4) is 0 Å². The molecular formula is C14H16O8Te2. The summed E-state index contributed by atoms with van der Waals surface area (Å²) in [6, 6.07) is 0. The molecule has 24 heavy (non-hydrogen) atoms. The Kier molecular flexibility index (Phi) is 8.79. The van der Waals surface area contributed by atoms with Crippen LogP contribution in [0.25, 0.3) is 0 Å². The summed E-state index contributed by atoms with van der Waals surface area (Å²) < 4.78 is 20.0. The summed E-state index contributed by atoms with van der Waals surface area (Å²) in [4.78, 5) is 48.4. The standard InChI is InChI=1S/C14H16O8Te2/c1-5-21-13(17)9-10(14(18)22-6-2)24-8(12(16)20-4)7(23-9)11(15)19-3/h5-6H2,1-4H3. The molecule has 0 atom stereocenters. The van der Waals surface area contributed by atoms with Gasteiger partial charge in [0.15, 0.2) is 0 Å². The minimum atomic E-state index is -1.66. The van der Waals surface area contributed by atoms with Crippen LogP contribution in [0, 0.1) is 0 Å². The summed E-state index contributed by atoms with van der Waals surface area (Å²) >= 11 is -3.32. The quantitative estimate of drug-likeness (QED) is 0.236. The van der Waals surface area contributed by atoms with E-state index in [4.69, 9.17) is 18.9 Å². The molecule has 132 valence electrons. The maximum absolute atomic E-state index is 12.2. The minimum absolute atomic E-state index is 0.132. The van der Waals surface area contributed by atoms with Crippen molar-refractivity contribution in [3.05, 3.63) is 14.5 Å². The number of rotatable bonds is 6. The average Bonchev–Trinajstić information content (AvgIpc) is 2.59. The van der Waals surface area contributed by atoms with Gasteiger partial charge in [0.2, 0.25) is 0 Å². The zero-order valence-electron chi connectivity index (χ0n) is 13.5. The Morgan fingerprint density at radius 1 is 0.667 bits per heavy atom. The van der Waals surface area contributed by atoms with E-state index in [1.54, 1.807) is 13.8 Å². The van der Waals surface area contributed by atoms with E-state index in [0.29, 0.717) is 0 Å². The molecule has 0 spiro atoms. The normalized spacial score (nSPS) is 14.2. The first-order valence-corrected chi connectivity index (χ1v) is 11.4. The van der Waals surface area contributed by atoms with Crippen molar-refractivity contribution in [2.45, 2.75) is 13.8 Å². The summed E-state index contributed by atoms with van der Waals surface area (Å²) in [5, 5.41) is 0. The molecule has 1 rings (SSSR count). The predicted octanol–water partition coefficient (Wildman–Crippen LogP) is -0.696. The fourth-order valence-corrected chi connectivity index (χ4v) is 9.63. The zero-order chi connectivity index (χ0) is 18.3. The molecule has 0 aliphatic carbocycles. The SMILES string of the molecule is CCOC(=O)C1=C(C(=O)OCC)[Te]C(C(=O)OC)=C(C(=O)OC)[Te]1. The third kappa shape index (κ3) is 4.97. The van der Waals surface area contributed by atoms with Crippen LogP contribution in [-0.2, 0) is 38.1 Å². The van der Waals surface area contributed by atoms with Gasteiger partial charge in [-0.3, -0.25) is 0 Å². The third-order valence-electron chi connectivity index (χ3n) is 2.48. The molecule has 0 aromatic rings. The molecule has 0 fully saturated rings. The van der Waals surface area contributed by atoms with Gasteiger partial charge in [-0.05, 0) is 0 Å². The van der Waals surface area contributed by atoms with Gasteiger partial charge in [0.1, 0.15) is 0 Å². The number of ether oxygens (including phenoxy) is 4. The Morgan fingerprint density at radius 3 is 1.21 bits per heavy atom. The first-order chi connectivity index (χ1) is 11.4. The van der Waals surface area contributed by atoms with Crippen molar-refractivity contribution < 1.29 is 38.1 Å². The van der Waals surface area contributed by atoms with Crippen molar-refractivity contribution >= 4 is 65.7 Å². The van der Waals surface area contributed by atoms with Crippen molar-refractivity contribution in [2.24, 2.45) is 0 Å². The van der Waals surface area contributed by atoms with Gasteiger partial charge in [-0.1, -0.05) is 0 Å². The molecular weight excluding hydrogens is 551 g/mol. The first kappa shape index (κ1) is 21.0. The van der Waals surface area contributed by atoms with E-state index >= 15 is 0 Å². The molecule has 0 bridgehead atoms. The molecule has 10 heteroatoms. The number of carbonyl (C=O) groups is 4. The van der Waals surface area contributed by atoms with Gasteiger partial charge >= 0.3 is 160 Å². The van der Waals surface area contributed by atoms with Gasteiger partial charge in [0.05, 0.1) is 0 Å². The monoisotopic (exact) mass is 572 g/mol. The van der Waals surface area contributed by atoms with E-state index in [9.17, 15) is 19.2 Å². The fraction of sp³-hybridized carbons (Fsp3) is 0.429. The third-order valence-corrected chi connectivity index (χ3v) is 11.5. The van der Waals surface area contributed by atoms with Crippen LogP contribution in [0.2, 0.25) is 0 Å². The van der Waals surface area contributed by atoms with E-state index in [2.05, 4.69) is 0 Å². The van der Waals surface area contributed by atoms with Crippen molar-refractivity contribution in [2.75, 3.05) is 27.4 Å². The van der Waals surface area contributed by atoms with E-state index in [0.717, 1.165) is 0 Å². The van der Waals surface area contributed by atoms with Crippen LogP contribution >= 0.6 is 0 Å². The number of methoxy groups -OCH3 is 2. The van der Waals surface area contributed by atoms with E-state index < -0.39 is 65.7 Å². The molecule has 1 aliphatic rings. The summed E-state index contributed by atoms with van der Waals surface area (Å²) in [6.45, 7) is 3.54. The topological polar surface area (TPSA) is 105 Å².